The zero-order chi connectivity index (χ0) is 21.8. The lowest BCUT2D eigenvalue weighted by atomic mass is 10.2. The van der Waals surface area contributed by atoms with Crippen molar-refractivity contribution in [2.75, 3.05) is 31.1 Å². The Bertz CT molecular complexity index is 1000. The van der Waals surface area contributed by atoms with Crippen molar-refractivity contribution in [1.82, 2.24) is 19.7 Å². The van der Waals surface area contributed by atoms with Crippen molar-refractivity contribution in [3.63, 3.8) is 0 Å². The first-order valence-electron chi connectivity index (χ1n) is 10.9. The maximum Gasteiger partial charge on any atom is 0.280 e. The Hall–Kier alpha value is -2.25. The quantitative estimate of drug-likeness (QED) is 0.486. The Morgan fingerprint density at radius 1 is 1.13 bits per heavy atom. The van der Waals surface area contributed by atoms with Crippen molar-refractivity contribution in [3.8, 4) is 0 Å². The molecule has 1 aromatic carbocycles. The third kappa shape index (κ3) is 4.73. The van der Waals surface area contributed by atoms with Crippen LogP contribution in [-0.2, 0) is 6.42 Å². The van der Waals surface area contributed by atoms with Crippen LogP contribution < -0.4 is 4.90 Å². The van der Waals surface area contributed by atoms with Gasteiger partial charge in [-0.3, -0.25) is 14.4 Å². The van der Waals surface area contributed by atoms with Crippen LogP contribution >= 0.6 is 11.3 Å². The highest BCUT2D eigenvalue weighted by atomic mass is 32.1. The minimum Gasteiger partial charge on any atom is -0.302 e. The van der Waals surface area contributed by atoms with E-state index in [1.165, 1.54) is 5.56 Å². The molecule has 2 heterocycles. The van der Waals surface area contributed by atoms with Crippen LogP contribution in [0.15, 0.2) is 24.3 Å². The Morgan fingerprint density at radius 2 is 1.87 bits per heavy atom. The van der Waals surface area contributed by atoms with Gasteiger partial charge in [0.15, 0.2) is 10.8 Å². The number of amides is 1. The first kappa shape index (κ1) is 22.4. The smallest absolute Gasteiger partial charge is 0.280 e. The van der Waals surface area contributed by atoms with Gasteiger partial charge in [0.05, 0.1) is 10.2 Å². The molecule has 2 aromatic heterocycles. The van der Waals surface area contributed by atoms with E-state index in [-0.39, 0.29) is 11.9 Å². The molecule has 0 saturated heterocycles. The second-order valence-electron chi connectivity index (χ2n) is 7.85. The molecule has 30 heavy (non-hydrogen) atoms. The SMILES string of the molecule is CCc1ccc2nc(N(CCN(CC)CC)C(=O)c3cc(C)n(C(C)C)n3)sc2c1. The number of benzene rings is 1. The summed E-state index contributed by atoms with van der Waals surface area (Å²) < 4.78 is 3.02. The van der Waals surface area contributed by atoms with Gasteiger partial charge in [-0.25, -0.2) is 4.98 Å². The molecule has 7 heteroatoms. The number of aryl methyl sites for hydroxylation is 2. The molecule has 0 atom stereocenters. The Labute approximate surface area is 183 Å². The number of carbonyl (C=O) groups excluding carboxylic acids is 1. The summed E-state index contributed by atoms with van der Waals surface area (Å²) in [4.78, 5) is 22.4. The van der Waals surface area contributed by atoms with Crippen molar-refractivity contribution in [3.05, 3.63) is 41.2 Å². The summed E-state index contributed by atoms with van der Waals surface area (Å²) >= 11 is 1.58. The van der Waals surface area contributed by atoms with Crippen LogP contribution in [-0.4, -0.2) is 51.8 Å². The number of rotatable bonds is 9. The van der Waals surface area contributed by atoms with Crippen molar-refractivity contribution < 1.29 is 4.79 Å². The van der Waals surface area contributed by atoms with Crippen molar-refractivity contribution in [2.45, 2.75) is 54.0 Å². The van der Waals surface area contributed by atoms with Crippen LogP contribution in [0.4, 0.5) is 5.13 Å². The molecule has 0 N–H and O–H groups in total. The minimum absolute atomic E-state index is 0.0839. The van der Waals surface area contributed by atoms with E-state index in [0.717, 1.165) is 47.1 Å². The van der Waals surface area contributed by atoms with E-state index in [1.54, 1.807) is 16.2 Å². The Kier molecular flexibility index (Phi) is 7.26. The predicted octanol–water partition coefficient (Wildman–Crippen LogP) is 4.93. The van der Waals surface area contributed by atoms with Crippen molar-refractivity contribution in [1.29, 1.82) is 0 Å². The summed E-state index contributed by atoms with van der Waals surface area (Å²) in [5.74, 6) is -0.0839. The van der Waals surface area contributed by atoms with Gasteiger partial charge in [-0.15, -0.1) is 0 Å². The topological polar surface area (TPSA) is 54.3 Å². The van der Waals surface area contributed by atoms with Gasteiger partial charge < -0.3 is 4.90 Å². The Morgan fingerprint density at radius 3 is 2.47 bits per heavy atom. The largest absolute Gasteiger partial charge is 0.302 e. The molecular weight excluding hydrogens is 394 g/mol. The molecular formula is C23H33N5OS. The van der Waals surface area contributed by atoms with Gasteiger partial charge in [0.25, 0.3) is 5.91 Å². The third-order valence-electron chi connectivity index (χ3n) is 5.49. The number of aromatic nitrogens is 3. The average Bonchev–Trinajstić information content (AvgIpc) is 3.33. The van der Waals surface area contributed by atoms with Crippen LogP contribution in [0.3, 0.4) is 0 Å². The third-order valence-corrected chi connectivity index (χ3v) is 6.53. The van der Waals surface area contributed by atoms with Gasteiger partial charge in [-0.1, -0.05) is 38.2 Å². The average molecular weight is 428 g/mol. The molecule has 0 aliphatic carbocycles. The molecule has 162 valence electrons. The zero-order valence-electron chi connectivity index (χ0n) is 19.0. The van der Waals surface area contributed by atoms with E-state index in [0.29, 0.717) is 12.2 Å². The molecule has 0 radical (unpaired) electrons. The second kappa shape index (κ2) is 9.71. The van der Waals surface area contributed by atoms with E-state index in [2.05, 4.69) is 62.8 Å². The van der Waals surface area contributed by atoms with Crippen molar-refractivity contribution >= 4 is 32.6 Å². The molecule has 0 saturated carbocycles. The van der Waals surface area contributed by atoms with Crippen molar-refractivity contribution in [2.24, 2.45) is 0 Å². The number of thiazole rings is 1. The fraction of sp³-hybridized carbons (Fsp3) is 0.522. The summed E-state index contributed by atoms with van der Waals surface area (Å²) in [6.07, 6.45) is 0.986. The highest BCUT2D eigenvalue weighted by Gasteiger charge is 2.25. The molecule has 1 amide bonds. The molecule has 0 aliphatic heterocycles. The van der Waals surface area contributed by atoms with Gasteiger partial charge in [0.1, 0.15) is 0 Å². The number of anilines is 1. The summed E-state index contributed by atoms with van der Waals surface area (Å²) in [6.45, 7) is 15.9. The molecule has 0 aliphatic rings. The first-order chi connectivity index (χ1) is 14.4. The minimum atomic E-state index is -0.0839. The lowest BCUT2D eigenvalue weighted by molar-refractivity contribution is 0.0978. The van der Waals surface area contributed by atoms with Gasteiger partial charge in [0, 0.05) is 24.8 Å². The molecule has 0 fully saturated rings. The molecule has 0 unspecified atom stereocenters. The van der Waals surface area contributed by atoms with Gasteiger partial charge >= 0.3 is 0 Å². The standard InChI is InChI=1S/C23H33N5OS/c1-7-18-10-11-19-21(15-18)30-23(24-19)27(13-12-26(8-2)9-3)22(29)20-14-17(6)28(25-20)16(4)5/h10-11,14-16H,7-9,12-13H2,1-6H3. The van der Waals surface area contributed by atoms with Crippen LogP contribution in [0, 0.1) is 6.92 Å². The highest BCUT2D eigenvalue weighted by molar-refractivity contribution is 7.22. The lowest BCUT2D eigenvalue weighted by Gasteiger charge is -2.24. The van der Waals surface area contributed by atoms with Gasteiger partial charge in [-0.05, 0) is 64.0 Å². The first-order valence-corrected chi connectivity index (χ1v) is 11.7. The fourth-order valence-electron chi connectivity index (χ4n) is 3.61. The maximum atomic E-state index is 13.5. The van der Waals surface area contributed by atoms with Crippen LogP contribution in [0.25, 0.3) is 10.2 Å². The zero-order valence-corrected chi connectivity index (χ0v) is 19.8. The lowest BCUT2D eigenvalue weighted by Crippen LogP contribution is -2.39. The van der Waals surface area contributed by atoms with Crippen LogP contribution in [0.2, 0.25) is 0 Å². The normalized spacial score (nSPS) is 11.7. The van der Waals surface area contributed by atoms with E-state index in [1.807, 2.05) is 17.7 Å². The summed E-state index contributed by atoms with van der Waals surface area (Å²) in [5, 5.41) is 5.34. The summed E-state index contributed by atoms with van der Waals surface area (Å²) in [7, 11) is 0. The summed E-state index contributed by atoms with van der Waals surface area (Å²) in [6, 6.07) is 8.45. The molecule has 3 rings (SSSR count). The number of nitrogens with zero attached hydrogens (tertiary/aromatic N) is 5. The van der Waals surface area contributed by atoms with Gasteiger partial charge in [0.2, 0.25) is 0 Å². The molecule has 0 bridgehead atoms. The van der Waals surface area contributed by atoms with E-state index < -0.39 is 0 Å². The molecule has 6 nitrogen and oxygen atoms in total. The molecule has 3 aromatic rings. The van der Waals surface area contributed by atoms with E-state index in [4.69, 9.17) is 4.98 Å². The van der Waals surface area contributed by atoms with Crippen LogP contribution in [0.5, 0.6) is 0 Å². The Balaban J connectivity index is 1.97. The van der Waals surface area contributed by atoms with E-state index >= 15 is 0 Å². The van der Waals surface area contributed by atoms with Gasteiger partial charge in [-0.2, -0.15) is 5.10 Å². The number of carbonyl (C=O) groups is 1. The van der Waals surface area contributed by atoms with Crippen LogP contribution in [0.1, 0.15) is 62.4 Å². The number of hydrogen-bond acceptors (Lipinski definition) is 5. The second-order valence-corrected chi connectivity index (χ2v) is 8.85. The predicted molar refractivity (Wildman–Crippen MR) is 126 cm³/mol. The number of hydrogen-bond donors (Lipinski definition) is 0. The highest BCUT2D eigenvalue weighted by Crippen LogP contribution is 2.30. The summed E-state index contributed by atoms with van der Waals surface area (Å²) in [5.41, 5.74) is 3.70. The molecule has 0 spiro atoms. The fourth-order valence-corrected chi connectivity index (χ4v) is 4.66. The number of fused-ring (bicyclic) bond motifs is 1. The maximum absolute atomic E-state index is 13.5. The monoisotopic (exact) mass is 427 g/mol. The number of likely N-dealkylation sites (N-methyl/N-ethyl adjacent to an activating group) is 1. The van der Waals surface area contributed by atoms with E-state index in [9.17, 15) is 4.79 Å².